The molecule has 2 rings (SSSR count). The molecule has 0 bridgehead atoms. The summed E-state index contributed by atoms with van der Waals surface area (Å²) < 4.78 is 5.50. The van der Waals surface area contributed by atoms with Crippen LogP contribution in [0, 0.1) is 6.92 Å². The third kappa shape index (κ3) is 3.73. The summed E-state index contributed by atoms with van der Waals surface area (Å²) in [6, 6.07) is 0. The van der Waals surface area contributed by atoms with E-state index in [9.17, 15) is 4.79 Å². The Morgan fingerprint density at radius 2 is 2.53 bits per heavy atom. The van der Waals surface area contributed by atoms with Gasteiger partial charge in [-0.1, -0.05) is 0 Å². The van der Waals surface area contributed by atoms with Gasteiger partial charge >= 0.3 is 0 Å². The lowest BCUT2D eigenvalue weighted by molar-refractivity contribution is -0.139. The lowest BCUT2D eigenvalue weighted by atomic mass is 10.0. The fraction of sp³-hybridized carbons (Fsp3) is 0.692. The van der Waals surface area contributed by atoms with E-state index >= 15 is 0 Å². The maximum Gasteiger partial charge on any atom is 0.251 e. The first kappa shape index (κ1) is 14.4. The first-order valence-corrected chi connectivity index (χ1v) is 7.76. The number of aromatic amines is 1. The second-order valence-corrected chi connectivity index (χ2v) is 6.07. The van der Waals surface area contributed by atoms with E-state index in [1.54, 1.807) is 18.1 Å². The molecule has 19 heavy (non-hydrogen) atoms. The summed E-state index contributed by atoms with van der Waals surface area (Å²) in [5.41, 5.74) is 1.59. The Bertz CT molecular complexity index is 427. The molecule has 0 saturated carbocycles. The molecule has 1 aliphatic heterocycles. The van der Waals surface area contributed by atoms with Crippen LogP contribution >= 0.6 is 11.8 Å². The maximum atomic E-state index is 12.0. The number of thioether (sulfide) groups is 1. The topological polar surface area (TPSA) is 67.0 Å². The molecule has 2 N–H and O–H groups in total. The van der Waals surface area contributed by atoms with Crippen molar-refractivity contribution in [3.63, 3.8) is 0 Å². The van der Waals surface area contributed by atoms with Crippen LogP contribution in [-0.4, -0.2) is 40.4 Å². The van der Waals surface area contributed by atoms with Crippen molar-refractivity contribution in [1.82, 2.24) is 15.3 Å². The Labute approximate surface area is 117 Å². The third-order valence-electron chi connectivity index (χ3n) is 3.40. The standard InChI is InChI=1S/C13H21N3O2S/c1-10-11(16-9-15-10)8-19-7-5-14-12(17)13(2)4-3-6-18-13/h9H,3-8H2,1-2H3,(H,14,17)(H,15,16)/t13-/m1/s1. The van der Waals surface area contributed by atoms with Gasteiger partial charge in [0.1, 0.15) is 5.60 Å². The van der Waals surface area contributed by atoms with Crippen molar-refractivity contribution >= 4 is 17.7 Å². The summed E-state index contributed by atoms with van der Waals surface area (Å²) in [6.45, 7) is 5.25. The normalized spacial score (nSPS) is 22.6. The molecule has 0 aromatic carbocycles. The third-order valence-corrected chi connectivity index (χ3v) is 4.37. The average Bonchev–Trinajstić information content (AvgIpc) is 2.99. The molecule has 1 aliphatic rings. The minimum absolute atomic E-state index is 0.0153. The van der Waals surface area contributed by atoms with E-state index in [0.29, 0.717) is 13.2 Å². The Morgan fingerprint density at radius 1 is 1.68 bits per heavy atom. The predicted octanol–water partition coefficient (Wildman–Crippen LogP) is 1.64. The minimum Gasteiger partial charge on any atom is -0.365 e. The SMILES string of the molecule is Cc1[nH]cnc1CSCCNC(=O)[C@@]1(C)CCCO1. The smallest absolute Gasteiger partial charge is 0.251 e. The van der Waals surface area contributed by atoms with Crippen LogP contribution in [0.2, 0.25) is 0 Å². The molecule has 5 nitrogen and oxygen atoms in total. The van der Waals surface area contributed by atoms with Crippen LogP contribution in [0.4, 0.5) is 0 Å². The van der Waals surface area contributed by atoms with Gasteiger partial charge in [0.15, 0.2) is 0 Å². The zero-order valence-electron chi connectivity index (χ0n) is 11.5. The van der Waals surface area contributed by atoms with Crippen LogP contribution < -0.4 is 5.32 Å². The number of imidazole rings is 1. The van der Waals surface area contributed by atoms with Gasteiger partial charge in [-0.2, -0.15) is 11.8 Å². The zero-order chi connectivity index (χ0) is 13.7. The number of carbonyl (C=O) groups excluding carboxylic acids is 1. The Morgan fingerprint density at radius 3 is 3.16 bits per heavy atom. The van der Waals surface area contributed by atoms with Crippen molar-refractivity contribution in [3.05, 3.63) is 17.7 Å². The second kappa shape index (κ2) is 6.43. The molecule has 106 valence electrons. The van der Waals surface area contributed by atoms with Gasteiger partial charge in [0.25, 0.3) is 5.91 Å². The molecule has 2 heterocycles. The summed E-state index contributed by atoms with van der Waals surface area (Å²) >= 11 is 1.77. The highest BCUT2D eigenvalue weighted by Gasteiger charge is 2.37. The lowest BCUT2D eigenvalue weighted by Crippen LogP contribution is -2.44. The average molecular weight is 283 g/mol. The predicted molar refractivity (Wildman–Crippen MR) is 76.1 cm³/mol. The number of ether oxygens (including phenoxy) is 1. The summed E-state index contributed by atoms with van der Waals surface area (Å²) in [5.74, 6) is 1.77. The highest BCUT2D eigenvalue weighted by molar-refractivity contribution is 7.98. The molecular weight excluding hydrogens is 262 g/mol. The first-order valence-electron chi connectivity index (χ1n) is 6.61. The number of nitrogens with zero attached hydrogens (tertiary/aromatic N) is 1. The van der Waals surface area contributed by atoms with Gasteiger partial charge in [-0.3, -0.25) is 4.79 Å². The summed E-state index contributed by atoms with van der Waals surface area (Å²) in [7, 11) is 0. The van der Waals surface area contributed by atoms with E-state index in [2.05, 4.69) is 15.3 Å². The van der Waals surface area contributed by atoms with Crippen LogP contribution in [0.5, 0.6) is 0 Å². The zero-order valence-corrected chi connectivity index (χ0v) is 12.3. The van der Waals surface area contributed by atoms with Gasteiger partial charge in [-0.15, -0.1) is 0 Å². The number of amides is 1. The fourth-order valence-corrected chi connectivity index (χ4v) is 2.96. The van der Waals surface area contributed by atoms with E-state index in [4.69, 9.17) is 4.74 Å². The molecule has 1 aromatic rings. The number of aryl methyl sites for hydroxylation is 1. The van der Waals surface area contributed by atoms with Gasteiger partial charge in [0, 0.05) is 30.4 Å². The van der Waals surface area contributed by atoms with Crippen molar-refractivity contribution in [1.29, 1.82) is 0 Å². The molecule has 0 unspecified atom stereocenters. The second-order valence-electron chi connectivity index (χ2n) is 4.97. The number of carbonyl (C=O) groups is 1. The Balaban J connectivity index is 1.62. The summed E-state index contributed by atoms with van der Waals surface area (Å²) in [4.78, 5) is 19.2. The van der Waals surface area contributed by atoms with E-state index in [-0.39, 0.29) is 5.91 Å². The van der Waals surface area contributed by atoms with Crippen LogP contribution in [-0.2, 0) is 15.3 Å². The molecular formula is C13H21N3O2S. The summed E-state index contributed by atoms with van der Waals surface area (Å²) in [6.07, 6.45) is 3.50. The monoisotopic (exact) mass is 283 g/mol. The number of aromatic nitrogens is 2. The highest BCUT2D eigenvalue weighted by Crippen LogP contribution is 2.24. The van der Waals surface area contributed by atoms with Crippen LogP contribution in [0.1, 0.15) is 31.2 Å². The van der Waals surface area contributed by atoms with Crippen molar-refractivity contribution in [2.75, 3.05) is 18.9 Å². The van der Waals surface area contributed by atoms with E-state index < -0.39 is 5.60 Å². The van der Waals surface area contributed by atoms with Gasteiger partial charge in [-0.05, 0) is 26.7 Å². The number of hydrogen-bond acceptors (Lipinski definition) is 4. The van der Waals surface area contributed by atoms with E-state index in [1.807, 2.05) is 13.8 Å². The molecule has 0 radical (unpaired) electrons. The van der Waals surface area contributed by atoms with Gasteiger partial charge < -0.3 is 15.0 Å². The molecule has 1 amide bonds. The van der Waals surface area contributed by atoms with Crippen LogP contribution in [0.25, 0.3) is 0 Å². The number of nitrogens with one attached hydrogen (secondary N) is 2. The van der Waals surface area contributed by atoms with Crippen molar-refractivity contribution in [3.8, 4) is 0 Å². The Hall–Kier alpha value is -1.01. The fourth-order valence-electron chi connectivity index (χ4n) is 2.08. The van der Waals surface area contributed by atoms with Gasteiger partial charge in [-0.25, -0.2) is 4.98 Å². The molecule has 0 aliphatic carbocycles. The number of hydrogen-bond donors (Lipinski definition) is 2. The molecule has 1 atom stereocenters. The molecule has 0 spiro atoms. The first-order chi connectivity index (χ1) is 9.12. The lowest BCUT2D eigenvalue weighted by Gasteiger charge is -2.21. The molecule has 1 fully saturated rings. The molecule has 6 heteroatoms. The number of rotatable bonds is 6. The molecule has 1 saturated heterocycles. The van der Waals surface area contributed by atoms with Crippen molar-refractivity contribution < 1.29 is 9.53 Å². The minimum atomic E-state index is -0.608. The van der Waals surface area contributed by atoms with Gasteiger partial charge in [0.05, 0.1) is 12.0 Å². The largest absolute Gasteiger partial charge is 0.365 e. The van der Waals surface area contributed by atoms with E-state index in [0.717, 1.165) is 35.7 Å². The van der Waals surface area contributed by atoms with Crippen molar-refractivity contribution in [2.24, 2.45) is 0 Å². The highest BCUT2D eigenvalue weighted by atomic mass is 32.2. The summed E-state index contributed by atoms with van der Waals surface area (Å²) in [5, 5.41) is 2.95. The van der Waals surface area contributed by atoms with Crippen LogP contribution in [0.15, 0.2) is 6.33 Å². The number of H-pyrrole nitrogens is 1. The molecule has 1 aromatic heterocycles. The van der Waals surface area contributed by atoms with E-state index in [1.165, 1.54) is 0 Å². The maximum absolute atomic E-state index is 12.0. The van der Waals surface area contributed by atoms with Gasteiger partial charge in [0.2, 0.25) is 0 Å². The van der Waals surface area contributed by atoms with Crippen LogP contribution in [0.3, 0.4) is 0 Å². The van der Waals surface area contributed by atoms with Crippen molar-refractivity contribution in [2.45, 2.75) is 38.0 Å². The Kier molecular flexibility index (Phi) is 4.87. The quantitative estimate of drug-likeness (QED) is 0.779.